The summed E-state index contributed by atoms with van der Waals surface area (Å²) in [6.07, 6.45) is 3.16. The van der Waals surface area contributed by atoms with Gasteiger partial charge in [-0.3, -0.25) is 9.59 Å². The van der Waals surface area contributed by atoms with E-state index in [2.05, 4.69) is 15.4 Å². The third-order valence-corrected chi connectivity index (χ3v) is 5.58. The van der Waals surface area contributed by atoms with E-state index in [0.717, 1.165) is 6.61 Å². The number of anilines is 1. The van der Waals surface area contributed by atoms with E-state index in [1.807, 2.05) is 0 Å². The number of sulfonamides is 1. The predicted octanol–water partition coefficient (Wildman–Crippen LogP) is 1.24. The van der Waals surface area contributed by atoms with Gasteiger partial charge in [0.2, 0.25) is 21.8 Å². The molecule has 0 unspecified atom stereocenters. The van der Waals surface area contributed by atoms with Crippen molar-refractivity contribution in [3.05, 3.63) is 24.3 Å². The molecular formula is C18H27N3O5S. The summed E-state index contributed by atoms with van der Waals surface area (Å²) in [7, 11) is -3.84. The number of nitrogens with one attached hydrogen (secondary N) is 3. The lowest BCUT2D eigenvalue weighted by Gasteiger charge is -2.15. The molecule has 3 N–H and O–H groups in total. The number of rotatable bonds is 11. The predicted molar refractivity (Wildman–Crippen MR) is 102 cm³/mol. The Kier molecular flexibility index (Phi) is 7.76. The SMILES string of the molecule is CC(=O)Nc1ccc(S(=O)(=O)N[C@@H](C)C(=O)NCCCOCC2CC2)cc1. The summed E-state index contributed by atoms with van der Waals surface area (Å²) in [5.74, 6) is 0.0731. The van der Waals surface area contributed by atoms with Crippen molar-refractivity contribution in [2.75, 3.05) is 25.1 Å². The van der Waals surface area contributed by atoms with E-state index in [-0.39, 0.29) is 10.8 Å². The van der Waals surface area contributed by atoms with Crippen LogP contribution in [0.4, 0.5) is 5.69 Å². The van der Waals surface area contributed by atoms with Gasteiger partial charge in [-0.25, -0.2) is 8.42 Å². The van der Waals surface area contributed by atoms with Crippen molar-refractivity contribution in [3.8, 4) is 0 Å². The van der Waals surface area contributed by atoms with Gasteiger partial charge in [0.1, 0.15) is 0 Å². The maximum absolute atomic E-state index is 12.4. The first-order valence-corrected chi connectivity index (χ1v) is 10.5. The maximum atomic E-state index is 12.4. The Hall–Kier alpha value is -1.97. The number of hydrogen-bond acceptors (Lipinski definition) is 5. The molecule has 27 heavy (non-hydrogen) atoms. The second-order valence-corrected chi connectivity index (χ2v) is 8.43. The van der Waals surface area contributed by atoms with Crippen LogP contribution in [-0.4, -0.2) is 46.0 Å². The van der Waals surface area contributed by atoms with Gasteiger partial charge in [-0.1, -0.05) is 0 Å². The van der Waals surface area contributed by atoms with E-state index in [4.69, 9.17) is 4.74 Å². The summed E-state index contributed by atoms with van der Waals surface area (Å²) < 4.78 is 32.6. The monoisotopic (exact) mass is 397 g/mol. The van der Waals surface area contributed by atoms with E-state index in [1.54, 1.807) is 0 Å². The van der Waals surface area contributed by atoms with Crippen molar-refractivity contribution in [3.63, 3.8) is 0 Å². The second kappa shape index (κ2) is 9.82. The van der Waals surface area contributed by atoms with Crippen molar-refractivity contribution in [1.82, 2.24) is 10.0 Å². The Balaban J connectivity index is 1.75. The molecule has 1 fully saturated rings. The molecule has 0 saturated heterocycles. The van der Waals surface area contributed by atoms with Crippen LogP contribution in [0.15, 0.2) is 29.2 Å². The fourth-order valence-corrected chi connectivity index (χ4v) is 3.55. The summed E-state index contributed by atoms with van der Waals surface area (Å²) >= 11 is 0. The minimum Gasteiger partial charge on any atom is -0.381 e. The number of benzene rings is 1. The molecule has 1 aliphatic carbocycles. The average Bonchev–Trinajstić information content (AvgIpc) is 3.41. The third-order valence-electron chi connectivity index (χ3n) is 4.03. The average molecular weight is 397 g/mol. The normalized spacial score (nSPS) is 15.2. The summed E-state index contributed by atoms with van der Waals surface area (Å²) in [5.41, 5.74) is 0.496. The topological polar surface area (TPSA) is 114 Å². The molecule has 2 rings (SSSR count). The maximum Gasteiger partial charge on any atom is 0.241 e. The van der Waals surface area contributed by atoms with Crippen molar-refractivity contribution < 1.29 is 22.7 Å². The number of amides is 2. The van der Waals surface area contributed by atoms with Crippen molar-refractivity contribution in [1.29, 1.82) is 0 Å². The van der Waals surface area contributed by atoms with E-state index in [9.17, 15) is 18.0 Å². The molecule has 1 aliphatic rings. The quantitative estimate of drug-likeness (QED) is 0.486. The molecule has 2 amide bonds. The summed E-state index contributed by atoms with van der Waals surface area (Å²) in [6, 6.07) is 4.81. The first-order chi connectivity index (χ1) is 12.8. The largest absolute Gasteiger partial charge is 0.381 e. The lowest BCUT2D eigenvalue weighted by molar-refractivity contribution is -0.122. The highest BCUT2D eigenvalue weighted by Gasteiger charge is 2.22. The molecule has 1 atom stereocenters. The number of carbonyl (C=O) groups is 2. The van der Waals surface area contributed by atoms with Gasteiger partial charge in [0, 0.05) is 32.4 Å². The Labute approximate surface area is 160 Å². The highest BCUT2D eigenvalue weighted by atomic mass is 32.2. The van der Waals surface area contributed by atoms with Gasteiger partial charge in [0.25, 0.3) is 0 Å². The lowest BCUT2D eigenvalue weighted by Crippen LogP contribution is -2.45. The first-order valence-electron chi connectivity index (χ1n) is 9.03. The van der Waals surface area contributed by atoms with Crippen LogP contribution in [0.5, 0.6) is 0 Å². The van der Waals surface area contributed by atoms with E-state index in [0.29, 0.717) is 31.2 Å². The minimum atomic E-state index is -3.84. The highest BCUT2D eigenvalue weighted by molar-refractivity contribution is 7.89. The van der Waals surface area contributed by atoms with Crippen LogP contribution in [0, 0.1) is 5.92 Å². The standard InChI is InChI=1S/C18H27N3O5S/c1-13(18(23)19-10-3-11-26-12-15-4-5-15)21-27(24,25)17-8-6-16(7-9-17)20-14(2)22/h6-9,13,15,21H,3-5,10-12H2,1-2H3,(H,19,23)(H,20,22)/t13-/m0/s1. The van der Waals surface area contributed by atoms with Crippen LogP contribution < -0.4 is 15.4 Å². The van der Waals surface area contributed by atoms with Crippen LogP contribution in [0.3, 0.4) is 0 Å². The molecule has 8 nitrogen and oxygen atoms in total. The molecule has 0 radical (unpaired) electrons. The Morgan fingerprint density at radius 3 is 2.48 bits per heavy atom. The number of hydrogen-bond donors (Lipinski definition) is 3. The highest BCUT2D eigenvalue weighted by Crippen LogP contribution is 2.28. The fraction of sp³-hybridized carbons (Fsp3) is 0.556. The van der Waals surface area contributed by atoms with Crippen molar-refractivity contribution in [2.24, 2.45) is 5.92 Å². The molecule has 1 aromatic rings. The van der Waals surface area contributed by atoms with Gasteiger partial charge in [-0.05, 0) is 56.4 Å². The van der Waals surface area contributed by atoms with Gasteiger partial charge < -0.3 is 15.4 Å². The lowest BCUT2D eigenvalue weighted by atomic mass is 10.3. The smallest absolute Gasteiger partial charge is 0.241 e. The molecular weight excluding hydrogens is 370 g/mol. The molecule has 0 bridgehead atoms. The van der Waals surface area contributed by atoms with Crippen LogP contribution in [0.2, 0.25) is 0 Å². The molecule has 0 heterocycles. The van der Waals surface area contributed by atoms with Gasteiger partial charge in [-0.15, -0.1) is 0 Å². The first kappa shape index (κ1) is 21.3. The zero-order valence-electron chi connectivity index (χ0n) is 15.7. The molecule has 0 spiro atoms. The Morgan fingerprint density at radius 1 is 1.22 bits per heavy atom. The van der Waals surface area contributed by atoms with Gasteiger partial charge in [-0.2, -0.15) is 4.72 Å². The van der Waals surface area contributed by atoms with E-state index < -0.39 is 22.0 Å². The minimum absolute atomic E-state index is 0.0183. The Morgan fingerprint density at radius 2 is 1.89 bits per heavy atom. The zero-order valence-corrected chi connectivity index (χ0v) is 16.5. The van der Waals surface area contributed by atoms with Crippen molar-refractivity contribution >= 4 is 27.5 Å². The summed E-state index contributed by atoms with van der Waals surface area (Å²) in [4.78, 5) is 23.1. The van der Waals surface area contributed by atoms with Crippen LogP contribution in [-0.2, 0) is 24.3 Å². The number of carbonyl (C=O) groups excluding carboxylic acids is 2. The van der Waals surface area contributed by atoms with Crippen LogP contribution in [0.1, 0.15) is 33.1 Å². The van der Waals surface area contributed by atoms with E-state index in [1.165, 1.54) is 51.0 Å². The van der Waals surface area contributed by atoms with Gasteiger partial charge >= 0.3 is 0 Å². The van der Waals surface area contributed by atoms with E-state index >= 15 is 0 Å². The molecule has 150 valence electrons. The molecule has 1 saturated carbocycles. The third kappa shape index (κ3) is 7.66. The molecule has 0 aliphatic heterocycles. The second-order valence-electron chi connectivity index (χ2n) is 6.71. The molecule has 9 heteroatoms. The summed E-state index contributed by atoms with van der Waals surface area (Å²) in [6.45, 7) is 4.65. The van der Waals surface area contributed by atoms with Gasteiger partial charge in [0.15, 0.2) is 0 Å². The fourth-order valence-electron chi connectivity index (χ4n) is 2.35. The van der Waals surface area contributed by atoms with Gasteiger partial charge in [0.05, 0.1) is 10.9 Å². The van der Waals surface area contributed by atoms with Crippen LogP contribution in [0.25, 0.3) is 0 Å². The Bertz CT molecular complexity index is 745. The van der Waals surface area contributed by atoms with Crippen molar-refractivity contribution in [2.45, 2.75) is 44.0 Å². The summed E-state index contributed by atoms with van der Waals surface area (Å²) in [5, 5.41) is 5.26. The van der Waals surface area contributed by atoms with Crippen LogP contribution >= 0.6 is 0 Å². The molecule has 1 aromatic carbocycles. The molecule has 0 aromatic heterocycles. The number of ether oxygens (including phenoxy) is 1. The zero-order chi connectivity index (χ0) is 19.9.